The van der Waals surface area contributed by atoms with Crippen LogP contribution in [0, 0.1) is 17.1 Å². The van der Waals surface area contributed by atoms with E-state index in [4.69, 9.17) is 10.00 Å². The zero-order valence-corrected chi connectivity index (χ0v) is 12.4. The van der Waals surface area contributed by atoms with Crippen LogP contribution in [-0.4, -0.2) is 18.0 Å². The minimum absolute atomic E-state index is 0.202. The maximum atomic E-state index is 13.3. The van der Waals surface area contributed by atoms with Crippen molar-refractivity contribution >= 4 is 12.4 Å². The molecule has 6 heteroatoms. The summed E-state index contributed by atoms with van der Waals surface area (Å²) in [6.07, 6.45) is -0.273. The molecule has 0 heterocycles. The highest BCUT2D eigenvalue weighted by Gasteiger charge is 2.31. The maximum absolute atomic E-state index is 13.3. The predicted octanol–water partition coefficient (Wildman–Crippen LogP) is 2.64. The van der Waals surface area contributed by atoms with Crippen molar-refractivity contribution < 1.29 is 18.7 Å². The molecule has 1 rings (SSSR count). The molecule has 0 saturated heterocycles. The fourth-order valence-corrected chi connectivity index (χ4v) is 1.62. The molecule has 0 aliphatic carbocycles. The van der Waals surface area contributed by atoms with Crippen molar-refractivity contribution in [3.8, 4) is 6.07 Å². The first-order chi connectivity index (χ1) is 9.61. The number of ether oxygens (including phenoxy) is 1. The number of nitrogens with zero attached hydrogens (tertiary/aromatic N) is 1. The highest BCUT2D eigenvalue weighted by atomic mass is 19.1. The van der Waals surface area contributed by atoms with Gasteiger partial charge in [-0.2, -0.15) is 5.26 Å². The Kier molecular flexibility index (Phi) is 4.69. The zero-order valence-electron chi connectivity index (χ0n) is 12.4. The van der Waals surface area contributed by atoms with Crippen LogP contribution in [0.5, 0.6) is 0 Å². The smallest absolute Gasteiger partial charge is 0.408 e. The Hall–Kier alpha value is -2.42. The van der Waals surface area contributed by atoms with Crippen molar-refractivity contribution in [2.24, 2.45) is 0 Å². The standard InChI is InChI=1S/C15H17FN2O3/c1-14(2,3)21-13(20)18-15(4,9-19)11-5-6-12(16)10(7-11)8-17/h5-7,9H,1-4H3,(H,18,20). The molecule has 1 atom stereocenters. The maximum Gasteiger partial charge on any atom is 0.408 e. The van der Waals surface area contributed by atoms with Gasteiger partial charge in [-0.15, -0.1) is 0 Å². The Morgan fingerprint density at radius 2 is 2.00 bits per heavy atom. The molecule has 0 aliphatic heterocycles. The van der Waals surface area contributed by atoms with Crippen LogP contribution in [0.15, 0.2) is 18.2 Å². The van der Waals surface area contributed by atoms with Crippen LogP contribution in [0.4, 0.5) is 9.18 Å². The lowest BCUT2D eigenvalue weighted by molar-refractivity contribution is -0.113. The molecule has 1 aromatic carbocycles. The number of aldehydes is 1. The lowest BCUT2D eigenvalue weighted by atomic mass is 9.92. The number of rotatable bonds is 3. The van der Waals surface area contributed by atoms with Gasteiger partial charge in [-0.25, -0.2) is 9.18 Å². The molecule has 0 bridgehead atoms. The number of alkyl carbamates (subject to hydrolysis) is 1. The van der Waals surface area contributed by atoms with Crippen molar-refractivity contribution in [1.82, 2.24) is 5.32 Å². The number of hydrogen-bond donors (Lipinski definition) is 1. The Bertz CT molecular complexity index is 602. The van der Waals surface area contributed by atoms with E-state index in [2.05, 4.69) is 5.32 Å². The summed E-state index contributed by atoms with van der Waals surface area (Å²) in [5.74, 6) is -0.688. The molecular weight excluding hydrogens is 275 g/mol. The van der Waals surface area contributed by atoms with Crippen molar-refractivity contribution in [2.45, 2.75) is 38.8 Å². The van der Waals surface area contributed by atoms with E-state index >= 15 is 0 Å². The van der Waals surface area contributed by atoms with Crippen LogP contribution in [0.25, 0.3) is 0 Å². The van der Waals surface area contributed by atoms with Crippen LogP contribution in [0.3, 0.4) is 0 Å². The zero-order chi connectivity index (χ0) is 16.3. The first-order valence-corrected chi connectivity index (χ1v) is 6.29. The van der Waals surface area contributed by atoms with Gasteiger partial charge in [-0.1, -0.05) is 6.07 Å². The molecule has 1 unspecified atom stereocenters. The van der Waals surface area contributed by atoms with Crippen LogP contribution in [0.1, 0.15) is 38.8 Å². The summed E-state index contributed by atoms with van der Waals surface area (Å²) in [5.41, 5.74) is -2.04. The number of benzene rings is 1. The van der Waals surface area contributed by atoms with Gasteiger partial charge in [0.1, 0.15) is 29.3 Å². The molecule has 5 nitrogen and oxygen atoms in total. The molecule has 0 radical (unpaired) electrons. The van der Waals surface area contributed by atoms with Gasteiger partial charge in [0.25, 0.3) is 0 Å². The number of carbonyl (C=O) groups is 2. The number of carbonyl (C=O) groups excluding carboxylic acids is 2. The Morgan fingerprint density at radius 3 is 2.48 bits per heavy atom. The molecule has 112 valence electrons. The number of nitrogens with one attached hydrogen (secondary N) is 1. The second-order valence-corrected chi connectivity index (χ2v) is 5.75. The highest BCUT2D eigenvalue weighted by Crippen LogP contribution is 2.22. The summed E-state index contributed by atoms with van der Waals surface area (Å²) in [6, 6.07) is 5.32. The first kappa shape index (κ1) is 16.6. The SMILES string of the molecule is CC(C)(C)OC(=O)NC(C)(C=O)c1ccc(F)c(C#N)c1. The van der Waals surface area contributed by atoms with Crippen LogP contribution < -0.4 is 5.32 Å². The second kappa shape index (κ2) is 5.92. The minimum atomic E-state index is -1.42. The molecule has 1 N–H and O–H groups in total. The molecule has 0 saturated carbocycles. The van der Waals surface area contributed by atoms with Crippen molar-refractivity contribution in [1.29, 1.82) is 5.26 Å². The largest absolute Gasteiger partial charge is 0.444 e. The number of nitriles is 1. The van der Waals surface area contributed by atoms with E-state index in [1.165, 1.54) is 19.1 Å². The molecule has 1 aromatic rings. The van der Waals surface area contributed by atoms with Gasteiger partial charge < -0.3 is 14.8 Å². The molecule has 0 spiro atoms. The van der Waals surface area contributed by atoms with Gasteiger partial charge in [0.2, 0.25) is 0 Å². The van der Waals surface area contributed by atoms with E-state index < -0.39 is 23.1 Å². The summed E-state index contributed by atoms with van der Waals surface area (Å²) < 4.78 is 18.4. The lowest BCUT2D eigenvalue weighted by Crippen LogP contribution is -2.47. The topological polar surface area (TPSA) is 79.2 Å². The molecule has 0 fully saturated rings. The monoisotopic (exact) mass is 292 g/mol. The van der Waals surface area contributed by atoms with Gasteiger partial charge >= 0.3 is 6.09 Å². The highest BCUT2D eigenvalue weighted by molar-refractivity contribution is 5.78. The summed E-state index contributed by atoms with van der Waals surface area (Å²) in [4.78, 5) is 23.2. The van der Waals surface area contributed by atoms with Crippen LogP contribution >= 0.6 is 0 Å². The summed E-state index contributed by atoms with van der Waals surface area (Å²) in [7, 11) is 0. The Labute approximate surface area is 122 Å². The average Bonchev–Trinajstić information content (AvgIpc) is 2.36. The van der Waals surface area contributed by atoms with Crippen LogP contribution in [-0.2, 0) is 15.1 Å². The Balaban J connectivity index is 3.08. The quantitative estimate of drug-likeness (QED) is 0.868. The molecule has 0 aromatic heterocycles. The van der Waals surface area contributed by atoms with E-state index in [0.29, 0.717) is 11.8 Å². The third-order valence-electron chi connectivity index (χ3n) is 2.68. The van der Waals surface area contributed by atoms with E-state index in [-0.39, 0.29) is 5.56 Å². The van der Waals surface area contributed by atoms with Gasteiger partial charge in [-0.3, -0.25) is 0 Å². The molecular formula is C15H17FN2O3. The molecule has 0 aliphatic rings. The van der Waals surface area contributed by atoms with Crippen molar-refractivity contribution in [2.75, 3.05) is 0 Å². The lowest BCUT2D eigenvalue weighted by Gasteiger charge is -2.28. The number of hydrogen-bond acceptors (Lipinski definition) is 4. The number of amides is 1. The summed E-state index contributed by atoms with van der Waals surface area (Å²) in [5, 5.41) is 11.3. The van der Waals surface area contributed by atoms with Gasteiger partial charge in [-0.05, 0) is 45.4 Å². The first-order valence-electron chi connectivity index (χ1n) is 6.29. The van der Waals surface area contributed by atoms with Crippen molar-refractivity contribution in [3.05, 3.63) is 35.1 Å². The van der Waals surface area contributed by atoms with Gasteiger partial charge in [0, 0.05) is 0 Å². The van der Waals surface area contributed by atoms with Gasteiger partial charge in [0.05, 0.1) is 5.56 Å². The third kappa shape index (κ3) is 4.28. The Morgan fingerprint density at radius 1 is 1.38 bits per heavy atom. The van der Waals surface area contributed by atoms with E-state index in [9.17, 15) is 14.0 Å². The average molecular weight is 292 g/mol. The fraction of sp³-hybridized carbons (Fsp3) is 0.400. The third-order valence-corrected chi connectivity index (χ3v) is 2.68. The van der Waals surface area contributed by atoms with Gasteiger partial charge in [0.15, 0.2) is 0 Å². The molecule has 21 heavy (non-hydrogen) atoms. The number of halogens is 1. The van der Waals surface area contributed by atoms with Crippen molar-refractivity contribution in [3.63, 3.8) is 0 Å². The van der Waals surface area contributed by atoms with E-state index in [1.807, 2.05) is 0 Å². The fourth-order valence-electron chi connectivity index (χ4n) is 1.62. The molecule has 1 amide bonds. The second-order valence-electron chi connectivity index (χ2n) is 5.75. The van der Waals surface area contributed by atoms with Crippen LogP contribution in [0.2, 0.25) is 0 Å². The summed E-state index contributed by atoms with van der Waals surface area (Å²) in [6.45, 7) is 6.52. The normalized spacial score (nSPS) is 13.7. The summed E-state index contributed by atoms with van der Waals surface area (Å²) >= 11 is 0. The van der Waals surface area contributed by atoms with E-state index in [1.54, 1.807) is 26.8 Å². The predicted molar refractivity (Wildman–Crippen MR) is 73.9 cm³/mol. The van der Waals surface area contributed by atoms with E-state index in [0.717, 1.165) is 6.07 Å². The minimum Gasteiger partial charge on any atom is -0.444 e.